The molecule has 0 unspecified atom stereocenters. The molecule has 0 amide bonds. The Balaban J connectivity index is 3.45. The Morgan fingerprint density at radius 3 is 2.78 bits per heavy atom. The number of aromatic nitrogens is 1. The van der Waals surface area contributed by atoms with Crippen LogP contribution in [0.5, 0.6) is 0 Å². The van der Waals surface area contributed by atoms with Crippen molar-refractivity contribution in [3.05, 3.63) is 28.6 Å². The van der Waals surface area contributed by atoms with Crippen molar-refractivity contribution in [1.29, 1.82) is 5.26 Å². The number of ether oxygens (including phenoxy) is 1. The van der Waals surface area contributed by atoms with Gasteiger partial charge in [-0.25, -0.2) is 18.6 Å². The third-order valence-electron chi connectivity index (χ3n) is 2.06. The van der Waals surface area contributed by atoms with Crippen molar-refractivity contribution in [3.8, 4) is 6.07 Å². The Hall–Kier alpha value is -1.55. The van der Waals surface area contributed by atoms with Gasteiger partial charge in [0.15, 0.2) is 5.69 Å². The van der Waals surface area contributed by atoms with Gasteiger partial charge in [0.2, 0.25) is 0 Å². The number of hydrogen-bond donors (Lipinski definition) is 0. The minimum Gasteiger partial charge on any atom is -0.461 e. The van der Waals surface area contributed by atoms with Crippen LogP contribution in [-0.4, -0.2) is 17.6 Å². The van der Waals surface area contributed by atoms with Gasteiger partial charge >= 0.3 is 5.97 Å². The summed E-state index contributed by atoms with van der Waals surface area (Å²) in [4.78, 5) is 15.4. The van der Waals surface area contributed by atoms with Crippen LogP contribution in [0.15, 0.2) is 6.07 Å². The van der Waals surface area contributed by atoms with E-state index < -0.39 is 23.7 Å². The molecular weight excluding hydrogens is 310 g/mol. The largest absolute Gasteiger partial charge is 0.461 e. The lowest BCUT2D eigenvalue weighted by Crippen LogP contribution is -2.14. The highest BCUT2D eigenvalue weighted by molar-refractivity contribution is 9.08. The quantitative estimate of drug-likeness (QED) is 0.632. The average molecular weight is 319 g/mol. The zero-order chi connectivity index (χ0) is 13.7. The van der Waals surface area contributed by atoms with Crippen molar-refractivity contribution in [1.82, 2.24) is 4.98 Å². The van der Waals surface area contributed by atoms with E-state index in [0.717, 1.165) is 0 Å². The Morgan fingerprint density at radius 1 is 1.67 bits per heavy atom. The third kappa shape index (κ3) is 3.01. The number of esters is 1. The number of carbonyl (C=O) groups is 1. The Kier molecular flexibility index (Phi) is 5.16. The molecule has 7 heteroatoms. The summed E-state index contributed by atoms with van der Waals surface area (Å²) in [6.07, 6.45) is -2.96. The van der Waals surface area contributed by atoms with Gasteiger partial charge in [-0.3, -0.25) is 0 Å². The highest BCUT2D eigenvalue weighted by atomic mass is 79.9. The van der Waals surface area contributed by atoms with E-state index in [9.17, 15) is 13.6 Å². The zero-order valence-electron chi connectivity index (χ0n) is 9.41. The molecule has 0 fully saturated rings. The Morgan fingerprint density at radius 2 is 2.33 bits per heavy atom. The number of nitrogens with zero attached hydrogens (tertiary/aromatic N) is 2. The number of halogens is 3. The molecule has 0 radical (unpaired) electrons. The molecule has 1 aromatic heterocycles. The normalized spacial score (nSPS) is 10.2. The van der Waals surface area contributed by atoms with Gasteiger partial charge in [0, 0.05) is 5.33 Å². The van der Waals surface area contributed by atoms with E-state index in [1.807, 2.05) is 0 Å². The van der Waals surface area contributed by atoms with Gasteiger partial charge in [-0.05, 0) is 13.0 Å². The molecule has 0 atom stereocenters. The van der Waals surface area contributed by atoms with E-state index in [4.69, 9.17) is 5.26 Å². The van der Waals surface area contributed by atoms with E-state index in [1.165, 1.54) is 6.07 Å². The maximum absolute atomic E-state index is 12.9. The van der Waals surface area contributed by atoms with Gasteiger partial charge in [0.1, 0.15) is 0 Å². The summed E-state index contributed by atoms with van der Waals surface area (Å²) in [7, 11) is 0. The zero-order valence-corrected chi connectivity index (χ0v) is 11.0. The molecule has 0 saturated heterocycles. The monoisotopic (exact) mass is 318 g/mol. The molecule has 0 spiro atoms. The molecule has 96 valence electrons. The number of pyridine rings is 1. The fourth-order valence-electron chi connectivity index (χ4n) is 1.34. The Labute approximate surface area is 111 Å². The summed E-state index contributed by atoms with van der Waals surface area (Å²) in [5.41, 5.74) is -1.13. The molecule has 0 saturated carbocycles. The van der Waals surface area contributed by atoms with Crippen LogP contribution in [0.2, 0.25) is 0 Å². The Bertz CT molecular complexity index is 501. The first-order chi connectivity index (χ1) is 8.54. The maximum atomic E-state index is 12.9. The van der Waals surface area contributed by atoms with Gasteiger partial charge in [-0.15, -0.1) is 0 Å². The van der Waals surface area contributed by atoms with Gasteiger partial charge < -0.3 is 4.74 Å². The predicted molar refractivity (Wildman–Crippen MR) is 62.5 cm³/mol. The van der Waals surface area contributed by atoms with Crippen molar-refractivity contribution < 1.29 is 18.3 Å². The van der Waals surface area contributed by atoms with Crippen LogP contribution in [-0.2, 0) is 10.1 Å². The molecule has 0 aliphatic carbocycles. The molecule has 1 aromatic rings. The molecule has 0 aliphatic heterocycles. The first-order valence-corrected chi connectivity index (χ1v) is 6.12. The van der Waals surface area contributed by atoms with Crippen molar-refractivity contribution >= 4 is 21.9 Å². The van der Waals surface area contributed by atoms with E-state index in [0.29, 0.717) is 5.69 Å². The van der Waals surface area contributed by atoms with Gasteiger partial charge in [0.25, 0.3) is 6.43 Å². The number of rotatable bonds is 4. The summed E-state index contributed by atoms with van der Waals surface area (Å²) in [6, 6.07) is 2.86. The summed E-state index contributed by atoms with van der Waals surface area (Å²) in [6.45, 7) is 1.60. The van der Waals surface area contributed by atoms with Crippen LogP contribution in [0.3, 0.4) is 0 Å². The smallest absolute Gasteiger partial charge is 0.357 e. The molecule has 0 N–H and O–H groups in total. The molecule has 0 aliphatic rings. The van der Waals surface area contributed by atoms with Crippen LogP contribution in [0.1, 0.15) is 40.7 Å². The highest BCUT2D eigenvalue weighted by Gasteiger charge is 2.25. The van der Waals surface area contributed by atoms with Gasteiger partial charge in [-0.1, -0.05) is 15.9 Å². The summed E-state index contributed by atoms with van der Waals surface area (Å²) < 4.78 is 30.5. The van der Waals surface area contributed by atoms with E-state index >= 15 is 0 Å². The fraction of sp³-hybridized carbons (Fsp3) is 0.364. The van der Waals surface area contributed by atoms with Crippen molar-refractivity contribution in [2.45, 2.75) is 18.7 Å². The summed E-state index contributed by atoms with van der Waals surface area (Å²) in [5.74, 6) is -0.952. The average Bonchev–Trinajstić information content (AvgIpc) is 2.36. The molecule has 1 heterocycles. The topological polar surface area (TPSA) is 63.0 Å². The van der Waals surface area contributed by atoms with Crippen molar-refractivity contribution in [3.63, 3.8) is 0 Å². The molecule has 4 nitrogen and oxygen atoms in total. The van der Waals surface area contributed by atoms with Crippen LogP contribution in [0, 0.1) is 11.3 Å². The summed E-state index contributed by atoms with van der Waals surface area (Å²) in [5, 5.41) is 9.09. The number of alkyl halides is 3. The number of nitriles is 1. The van der Waals surface area contributed by atoms with E-state index in [-0.39, 0.29) is 17.5 Å². The lowest BCUT2D eigenvalue weighted by atomic mass is 10.1. The second-order valence-corrected chi connectivity index (χ2v) is 3.75. The van der Waals surface area contributed by atoms with Crippen LogP contribution < -0.4 is 0 Å². The highest BCUT2D eigenvalue weighted by Crippen LogP contribution is 2.27. The van der Waals surface area contributed by atoms with Crippen LogP contribution in [0.25, 0.3) is 0 Å². The SMILES string of the molecule is CCOC(=O)c1nc(CBr)cc(C#N)c1C(F)F. The van der Waals surface area contributed by atoms with Crippen molar-refractivity contribution in [2.75, 3.05) is 6.61 Å². The first-order valence-electron chi connectivity index (χ1n) is 5.00. The number of carbonyl (C=O) groups excluding carboxylic acids is 1. The first kappa shape index (κ1) is 14.5. The van der Waals surface area contributed by atoms with E-state index in [1.54, 1.807) is 13.0 Å². The van der Waals surface area contributed by atoms with Crippen LogP contribution in [0.4, 0.5) is 8.78 Å². The summed E-state index contributed by atoms with van der Waals surface area (Å²) >= 11 is 3.09. The minimum absolute atomic E-state index is 0.0453. The second kappa shape index (κ2) is 6.40. The maximum Gasteiger partial charge on any atom is 0.357 e. The van der Waals surface area contributed by atoms with Crippen molar-refractivity contribution in [2.24, 2.45) is 0 Å². The van der Waals surface area contributed by atoms with Gasteiger partial charge in [-0.2, -0.15) is 5.26 Å². The fourth-order valence-corrected chi connectivity index (χ4v) is 1.63. The molecule has 0 aromatic carbocycles. The standard InChI is InChI=1S/C11H9BrF2N2O2/c1-2-18-11(17)9-8(10(13)14)6(5-15)3-7(4-12)16-9/h3,10H,2,4H2,1H3. The molecular formula is C11H9BrF2N2O2. The van der Waals surface area contributed by atoms with E-state index in [2.05, 4.69) is 25.7 Å². The third-order valence-corrected chi connectivity index (χ3v) is 2.63. The van der Waals surface area contributed by atoms with Gasteiger partial charge in [0.05, 0.1) is 29.5 Å². The number of hydrogen-bond acceptors (Lipinski definition) is 4. The van der Waals surface area contributed by atoms with Crippen LogP contribution >= 0.6 is 15.9 Å². The predicted octanol–water partition coefficient (Wildman–Crippen LogP) is 2.96. The molecule has 0 bridgehead atoms. The lowest BCUT2D eigenvalue weighted by molar-refractivity contribution is 0.0507. The second-order valence-electron chi connectivity index (χ2n) is 3.19. The lowest BCUT2D eigenvalue weighted by Gasteiger charge is -2.10. The minimum atomic E-state index is -2.96. The molecule has 1 rings (SSSR count). The molecule has 18 heavy (non-hydrogen) atoms.